The van der Waals surface area contributed by atoms with Crippen LogP contribution in [-0.4, -0.2) is 14.5 Å². The molecule has 11 heavy (non-hydrogen) atoms. The summed E-state index contributed by atoms with van der Waals surface area (Å²) in [6, 6.07) is 1.70. The minimum Gasteiger partial charge on any atom is -0.504 e. The van der Waals surface area contributed by atoms with Gasteiger partial charge in [-0.2, -0.15) is 0 Å². The van der Waals surface area contributed by atoms with E-state index < -0.39 is 0 Å². The highest BCUT2D eigenvalue weighted by Gasteiger charge is 1.99. The second-order valence-electron chi connectivity index (χ2n) is 2.56. The van der Waals surface area contributed by atoms with E-state index in [9.17, 15) is 5.11 Å². The molecular weight excluding hydrogens is 140 g/mol. The predicted molar refractivity (Wildman–Crippen MR) is 41.6 cm³/mol. The Hall–Kier alpha value is -1.51. The van der Waals surface area contributed by atoms with Crippen LogP contribution in [0.1, 0.15) is 5.56 Å². The van der Waals surface area contributed by atoms with E-state index in [0.29, 0.717) is 5.65 Å². The Kier molecular flexibility index (Phi) is 1.12. The van der Waals surface area contributed by atoms with Crippen molar-refractivity contribution in [3.8, 4) is 5.75 Å². The summed E-state index contributed by atoms with van der Waals surface area (Å²) in [6.07, 6.45) is 5.39. The molecule has 3 nitrogen and oxygen atoms in total. The normalized spacial score (nSPS) is 10.6. The topological polar surface area (TPSA) is 37.5 Å². The summed E-state index contributed by atoms with van der Waals surface area (Å²) < 4.78 is 1.80. The fraction of sp³-hybridized carbons (Fsp3) is 0.125. The van der Waals surface area contributed by atoms with Crippen LogP contribution in [0.4, 0.5) is 0 Å². The Labute approximate surface area is 63.9 Å². The summed E-state index contributed by atoms with van der Waals surface area (Å²) in [5.41, 5.74) is 1.63. The molecule has 2 heterocycles. The number of aryl methyl sites for hydroxylation is 1. The molecule has 2 aromatic heterocycles. The maximum absolute atomic E-state index is 9.36. The van der Waals surface area contributed by atoms with Crippen molar-refractivity contribution in [2.24, 2.45) is 0 Å². The third kappa shape index (κ3) is 0.852. The zero-order valence-electron chi connectivity index (χ0n) is 6.15. The number of rotatable bonds is 0. The van der Waals surface area contributed by atoms with Gasteiger partial charge < -0.3 is 9.51 Å². The minimum absolute atomic E-state index is 0.231. The number of imidazole rings is 1. The van der Waals surface area contributed by atoms with E-state index in [-0.39, 0.29) is 5.75 Å². The van der Waals surface area contributed by atoms with Gasteiger partial charge in [0.25, 0.3) is 0 Å². The second-order valence-corrected chi connectivity index (χ2v) is 2.56. The third-order valence-corrected chi connectivity index (χ3v) is 1.60. The lowest BCUT2D eigenvalue weighted by Gasteiger charge is -1.97. The van der Waals surface area contributed by atoms with E-state index in [4.69, 9.17) is 0 Å². The summed E-state index contributed by atoms with van der Waals surface area (Å²) in [7, 11) is 0. The van der Waals surface area contributed by atoms with E-state index in [2.05, 4.69) is 4.98 Å². The van der Waals surface area contributed by atoms with E-state index in [1.807, 2.05) is 19.3 Å². The van der Waals surface area contributed by atoms with Gasteiger partial charge in [-0.05, 0) is 18.6 Å². The van der Waals surface area contributed by atoms with Crippen molar-refractivity contribution >= 4 is 5.65 Å². The molecule has 2 rings (SSSR count). The summed E-state index contributed by atoms with van der Waals surface area (Å²) in [5.74, 6) is 0.231. The highest BCUT2D eigenvalue weighted by molar-refractivity contribution is 5.53. The largest absolute Gasteiger partial charge is 0.504 e. The Morgan fingerprint density at radius 1 is 1.55 bits per heavy atom. The maximum Gasteiger partial charge on any atom is 0.179 e. The van der Waals surface area contributed by atoms with Gasteiger partial charge in [0.2, 0.25) is 0 Å². The number of aromatic nitrogens is 2. The molecule has 0 aromatic carbocycles. The molecule has 1 N–H and O–H groups in total. The quantitative estimate of drug-likeness (QED) is 0.612. The molecular formula is C8H8N2O. The van der Waals surface area contributed by atoms with Gasteiger partial charge in [-0.3, -0.25) is 0 Å². The number of pyridine rings is 1. The minimum atomic E-state index is 0.231. The molecule has 56 valence electrons. The highest BCUT2D eigenvalue weighted by atomic mass is 16.3. The average Bonchev–Trinajstić information content (AvgIpc) is 2.34. The summed E-state index contributed by atoms with van der Waals surface area (Å²) in [5, 5.41) is 9.36. The molecule has 0 fully saturated rings. The monoisotopic (exact) mass is 148 g/mol. The lowest BCUT2D eigenvalue weighted by atomic mass is 10.3. The number of hydrogen-bond donors (Lipinski definition) is 1. The van der Waals surface area contributed by atoms with Crippen LogP contribution < -0.4 is 0 Å². The Balaban J connectivity index is 2.91. The maximum atomic E-state index is 9.36. The molecule has 0 saturated heterocycles. The van der Waals surface area contributed by atoms with Crippen LogP contribution in [0.15, 0.2) is 24.7 Å². The lowest BCUT2D eigenvalue weighted by molar-refractivity contribution is 0.477. The molecule has 0 atom stereocenters. The van der Waals surface area contributed by atoms with Gasteiger partial charge >= 0.3 is 0 Å². The first kappa shape index (κ1) is 6.22. The van der Waals surface area contributed by atoms with E-state index >= 15 is 0 Å². The molecule has 0 saturated carbocycles. The Bertz CT molecular complexity index is 392. The van der Waals surface area contributed by atoms with Crippen molar-refractivity contribution in [3.05, 3.63) is 30.2 Å². The van der Waals surface area contributed by atoms with Crippen molar-refractivity contribution < 1.29 is 5.11 Å². The number of aromatic hydroxyl groups is 1. The lowest BCUT2D eigenvalue weighted by Crippen LogP contribution is -1.84. The summed E-state index contributed by atoms with van der Waals surface area (Å²) >= 11 is 0. The summed E-state index contributed by atoms with van der Waals surface area (Å²) in [6.45, 7) is 1.93. The zero-order chi connectivity index (χ0) is 7.84. The smallest absolute Gasteiger partial charge is 0.179 e. The third-order valence-electron chi connectivity index (χ3n) is 1.60. The molecule has 0 bridgehead atoms. The first-order valence-corrected chi connectivity index (χ1v) is 3.39. The van der Waals surface area contributed by atoms with E-state index in [1.54, 1.807) is 16.7 Å². The molecule has 2 aromatic rings. The van der Waals surface area contributed by atoms with Gasteiger partial charge in [-0.15, -0.1) is 0 Å². The fourth-order valence-corrected chi connectivity index (χ4v) is 1.15. The van der Waals surface area contributed by atoms with Crippen LogP contribution in [0.2, 0.25) is 0 Å². The van der Waals surface area contributed by atoms with Crippen LogP contribution in [0.25, 0.3) is 5.65 Å². The predicted octanol–water partition coefficient (Wildman–Crippen LogP) is 1.35. The fourth-order valence-electron chi connectivity index (χ4n) is 1.15. The van der Waals surface area contributed by atoms with Crippen LogP contribution in [0, 0.1) is 6.92 Å². The second kappa shape index (κ2) is 1.99. The van der Waals surface area contributed by atoms with Gasteiger partial charge in [0, 0.05) is 18.6 Å². The number of fused-ring (bicyclic) bond motifs is 1. The average molecular weight is 148 g/mol. The van der Waals surface area contributed by atoms with Crippen LogP contribution in [-0.2, 0) is 0 Å². The van der Waals surface area contributed by atoms with Gasteiger partial charge in [-0.1, -0.05) is 0 Å². The van der Waals surface area contributed by atoms with Gasteiger partial charge in [-0.25, -0.2) is 4.98 Å². The molecule has 0 spiro atoms. The molecule has 0 radical (unpaired) electrons. The molecule has 0 aliphatic rings. The van der Waals surface area contributed by atoms with Gasteiger partial charge in [0.15, 0.2) is 11.4 Å². The molecule has 0 aliphatic heterocycles. The van der Waals surface area contributed by atoms with Crippen molar-refractivity contribution in [1.82, 2.24) is 9.38 Å². The van der Waals surface area contributed by atoms with Crippen molar-refractivity contribution in [2.45, 2.75) is 6.92 Å². The van der Waals surface area contributed by atoms with Crippen LogP contribution in [0.5, 0.6) is 5.75 Å². The number of hydrogen-bond acceptors (Lipinski definition) is 2. The van der Waals surface area contributed by atoms with Gasteiger partial charge in [0.05, 0.1) is 0 Å². The van der Waals surface area contributed by atoms with Gasteiger partial charge in [0.1, 0.15) is 0 Å². The summed E-state index contributed by atoms with van der Waals surface area (Å²) in [4.78, 5) is 3.97. The van der Waals surface area contributed by atoms with Crippen molar-refractivity contribution in [2.75, 3.05) is 0 Å². The van der Waals surface area contributed by atoms with Crippen LogP contribution >= 0.6 is 0 Å². The Morgan fingerprint density at radius 2 is 2.36 bits per heavy atom. The first-order valence-electron chi connectivity index (χ1n) is 3.39. The number of nitrogens with zero attached hydrogens (tertiary/aromatic N) is 2. The molecule has 0 unspecified atom stereocenters. The van der Waals surface area contributed by atoms with Crippen molar-refractivity contribution in [1.29, 1.82) is 0 Å². The molecule has 0 amide bonds. The zero-order valence-corrected chi connectivity index (χ0v) is 6.15. The molecule has 3 heteroatoms. The Morgan fingerprint density at radius 3 is 3.18 bits per heavy atom. The van der Waals surface area contributed by atoms with E-state index in [0.717, 1.165) is 5.56 Å². The van der Waals surface area contributed by atoms with Crippen LogP contribution in [0.3, 0.4) is 0 Å². The van der Waals surface area contributed by atoms with Crippen molar-refractivity contribution in [3.63, 3.8) is 0 Å². The standard InChI is InChI=1S/C8H8N2O/c1-6-4-7(11)8-9-2-3-10(8)5-6/h2-5,11H,1H3. The SMILES string of the molecule is Cc1cc(O)c2nccn2c1. The highest BCUT2D eigenvalue weighted by Crippen LogP contribution is 2.17. The molecule has 0 aliphatic carbocycles. The van der Waals surface area contributed by atoms with E-state index in [1.165, 1.54) is 0 Å². The first-order chi connectivity index (χ1) is 5.27.